The van der Waals surface area contributed by atoms with Crippen LogP contribution < -0.4 is 22.3 Å². The lowest BCUT2D eigenvalue weighted by atomic mass is 9.91. The Morgan fingerprint density at radius 1 is 0.609 bits per heavy atom. The maximum atomic E-state index is 13.4. The first-order valence-electron chi connectivity index (χ1n) is 19.9. The molecule has 22 heteroatoms. The molecule has 4 aromatic rings. The number of aromatic amines is 2. The molecule has 0 saturated carbocycles. The van der Waals surface area contributed by atoms with Gasteiger partial charge in [-0.2, -0.15) is 0 Å². The first-order valence-corrected chi connectivity index (χ1v) is 20.8. The summed E-state index contributed by atoms with van der Waals surface area (Å²) in [5.41, 5.74) is 11.3. The maximum Gasteiger partial charge on any atom is 0.291 e. The van der Waals surface area contributed by atoms with Crippen LogP contribution in [0.2, 0.25) is 0 Å². The standard InChI is InChI=1S/2C21H25ClF2N4O4/c2*1-11(2)7-13(20(31)27-28(6-5-18(25)30)21(32)19(22)24)10-17(29)16-9-12-8-14(23)3-4-15(12)26-16/h2*3-4,8-9,11,13,19,26H,5-7,10H2,1-2H3,(H2,25,30)(H,27,31)/t13-,19+;13-,19-/m11/s1. The summed E-state index contributed by atoms with van der Waals surface area (Å²) in [6, 6.07) is 11.1. The molecule has 0 fully saturated rings. The number of carbonyl (C=O) groups excluding carboxylic acids is 8. The fraction of sp³-hybridized carbons (Fsp3) is 0.429. The molecule has 0 aliphatic carbocycles. The second kappa shape index (κ2) is 24.2. The molecular formula is C42H50Cl2F4N8O8. The van der Waals surface area contributed by atoms with Gasteiger partial charge in [0.2, 0.25) is 23.6 Å². The summed E-state index contributed by atoms with van der Waals surface area (Å²) in [6.07, 6.45) is -0.479. The third kappa shape index (κ3) is 16.3. The highest BCUT2D eigenvalue weighted by Gasteiger charge is 2.31. The van der Waals surface area contributed by atoms with Crippen molar-refractivity contribution in [3.05, 3.63) is 71.6 Å². The van der Waals surface area contributed by atoms with E-state index in [9.17, 15) is 55.9 Å². The molecule has 6 amide bonds. The van der Waals surface area contributed by atoms with Crippen LogP contribution in [-0.4, -0.2) is 91.3 Å². The molecule has 2 aromatic carbocycles. The summed E-state index contributed by atoms with van der Waals surface area (Å²) < 4.78 is 53.5. The summed E-state index contributed by atoms with van der Waals surface area (Å²) in [6.45, 7) is 6.66. The molecule has 64 heavy (non-hydrogen) atoms. The number of Topliss-reactive ketones (excluding diaryl/α,β-unsaturated/α-hetero) is 2. The van der Waals surface area contributed by atoms with Gasteiger partial charge in [0, 0.05) is 59.3 Å². The van der Waals surface area contributed by atoms with Crippen LogP contribution in [0.5, 0.6) is 0 Å². The summed E-state index contributed by atoms with van der Waals surface area (Å²) >= 11 is 10.4. The Hall–Kier alpha value is -6.02. The molecule has 0 bridgehead atoms. The minimum Gasteiger partial charge on any atom is -0.370 e. The van der Waals surface area contributed by atoms with Crippen LogP contribution in [0.3, 0.4) is 0 Å². The predicted octanol–water partition coefficient (Wildman–Crippen LogP) is 5.62. The number of hydrazine groups is 2. The number of hydrogen-bond donors (Lipinski definition) is 6. The van der Waals surface area contributed by atoms with E-state index in [1.54, 1.807) is 0 Å². The number of aromatic nitrogens is 2. The number of fused-ring (bicyclic) bond motifs is 2. The van der Waals surface area contributed by atoms with Gasteiger partial charge >= 0.3 is 0 Å². The van der Waals surface area contributed by atoms with Crippen LogP contribution in [0.25, 0.3) is 21.8 Å². The Kier molecular flexibility index (Phi) is 19.7. The van der Waals surface area contributed by atoms with Crippen LogP contribution in [0.15, 0.2) is 48.5 Å². The SMILES string of the molecule is CC(C)C[C@H](CC(=O)c1cc2cc(F)ccc2[nH]1)C(=O)NN(CCC(N)=O)C(=O)[C@@H](F)Cl.CC(C)C[C@H](CC(=O)c1cc2cc(F)ccc2[nH]1)C(=O)NN(CCC(N)=O)C(=O)[C@H](F)Cl. The highest BCUT2D eigenvalue weighted by atomic mass is 35.5. The lowest BCUT2D eigenvalue weighted by Crippen LogP contribution is -2.51. The molecule has 2 heterocycles. The second-order valence-electron chi connectivity index (χ2n) is 15.7. The lowest BCUT2D eigenvalue weighted by molar-refractivity contribution is -0.145. The van der Waals surface area contributed by atoms with Crippen molar-refractivity contribution in [2.75, 3.05) is 13.1 Å². The zero-order valence-corrected chi connectivity index (χ0v) is 36.8. The molecule has 4 atom stereocenters. The fourth-order valence-corrected chi connectivity index (χ4v) is 6.69. The van der Waals surface area contributed by atoms with Crippen molar-refractivity contribution in [3.63, 3.8) is 0 Å². The summed E-state index contributed by atoms with van der Waals surface area (Å²) in [5.74, 6) is -8.79. The van der Waals surface area contributed by atoms with Crippen LogP contribution in [0.4, 0.5) is 17.6 Å². The van der Waals surface area contributed by atoms with Gasteiger partial charge in [-0.25, -0.2) is 27.6 Å². The van der Waals surface area contributed by atoms with E-state index in [1.165, 1.54) is 48.5 Å². The van der Waals surface area contributed by atoms with Gasteiger partial charge in [-0.1, -0.05) is 50.9 Å². The van der Waals surface area contributed by atoms with E-state index < -0.39 is 81.7 Å². The number of nitrogens with zero attached hydrogens (tertiary/aromatic N) is 2. The van der Waals surface area contributed by atoms with Gasteiger partial charge < -0.3 is 21.4 Å². The maximum absolute atomic E-state index is 13.4. The predicted molar refractivity (Wildman–Crippen MR) is 229 cm³/mol. The Morgan fingerprint density at radius 2 is 0.953 bits per heavy atom. The van der Waals surface area contributed by atoms with E-state index in [0.29, 0.717) is 44.7 Å². The van der Waals surface area contributed by atoms with Crippen LogP contribution in [0, 0.1) is 35.3 Å². The number of ketones is 2. The molecule has 4 rings (SSSR count). The van der Waals surface area contributed by atoms with Gasteiger partial charge in [0.1, 0.15) is 11.6 Å². The molecule has 0 saturated heterocycles. The van der Waals surface area contributed by atoms with Crippen molar-refractivity contribution in [2.24, 2.45) is 35.1 Å². The molecule has 8 N–H and O–H groups in total. The van der Waals surface area contributed by atoms with Gasteiger partial charge in [-0.3, -0.25) is 49.2 Å². The number of hydrogen-bond acceptors (Lipinski definition) is 8. The van der Waals surface area contributed by atoms with E-state index in [-0.39, 0.29) is 62.0 Å². The topological polar surface area (TPSA) is 251 Å². The van der Waals surface area contributed by atoms with Gasteiger partial charge in [-0.05, 0) is 73.2 Å². The number of benzene rings is 2. The molecule has 2 aromatic heterocycles. The van der Waals surface area contributed by atoms with Crippen LogP contribution >= 0.6 is 23.2 Å². The lowest BCUT2D eigenvalue weighted by Gasteiger charge is -2.26. The number of H-pyrrole nitrogens is 2. The first-order chi connectivity index (χ1) is 29.9. The van der Waals surface area contributed by atoms with Crippen molar-refractivity contribution in [3.8, 4) is 0 Å². The van der Waals surface area contributed by atoms with E-state index in [1.807, 2.05) is 27.7 Å². The third-order valence-electron chi connectivity index (χ3n) is 9.44. The summed E-state index contributed by atoms with van der Waals surface area (Å²) in [7, 11) is 0. The van der Waals surface area contributed by atoms with Gasteiger partial charge in [0.05, 0.1) is 24.5 Å². The second-order valence-corrected chi connectivity index (χ2v) is 16.5. The minimum absolute atomic E-state index is 0.0204. The average Bonchev–Trinajstić information content (AvgIpc) is 3.83. The van der Waals surface area contributed by atoms with Crippen molar-refractivity contribution in [1.82, 2.24) is 30.8 Å². The third-order valence-corrected chi connectivity index (χ3v) is 9.82. The molecule has 0 spiro atoms. The number of rotatable bonds is 20. The zero-order chi connectivity index (χ0) is 48.0. The number of alkyl halides is 4. The molecule has 0 aliphatic rings. The summed E-state index contributed by atoms with van der Waals surface area (Å²) in [4.78, 5) is 103. The number of halogens is 6. The van der Waals surface area contributed by atoms with E-state index >= 15 is 0 Å². The van der Waals surface area contributed by atoms with E-state index in [4.69, 9.17) is 34.7 Å². The van der Waals surface area contributed by atoms with Crippen molar-refractivity contribution < 1.29 is 55.9 Å². The van der Waals surface area contributed by atoms with Crippen LogP contribution in [-0.2, 0) is 28.8 Å². The number of primary amides is 2. The highest BCUT2D eigenvalue weighted by molar-refractivity contribution is 6.29. The Bertz CT molecular complexity index is 2180. The monoisotopic (exact) mass is 940 g/mol. The Morgan fingerprint density at radius 3 is 1.25 bits per heavy atom. The largest absolute Gasteiger partial charge is 0.370 e. The molecule has 348 valence electrons. The zero-order valence-electron chi connectivity index (χ0n) is 35.3. The first kappa shape index (κ1) is 52.3. The molecular weight excluding hydrogens is 891 g/mol. The van der Waals surface area contributed by atoms with Crippen LogP contribution in [0.1, 0.15) is 87.2 Å². The Labute approximate surface area is 375 Å². The smallest absolute Gasteiger partial charge is 0.291 e. The quantitative estimate of drug-likeness (QED) is 0.0280. The molecule has 0 unspecified atom stereocenters. The normalized spacial score (nSPS) is 13.1. The average molecular weight is 942 g/mol. The number of nitrogens with two attached hydrogens (primary N) is 2. The van der Waals surface area contributed by atoms with Crippen molar-refractivity contribution in [2.45, 2.75) is 77.5 Å². The summed E-state index contributed by atoms with van der Waals surface area (Å²) in [5, 5.41) is 2.21. The fourth-order valence-electron chi connectivity index (χ4n) is 6.45. The van der Waals surface area contributed by atoms with Crippen molar-refractivity contribution in [1.29, 1.82) is 0 Å². The highest BCUT2D eigenvalue weighted by Crippen LogP contribution is 2.24. The Balaban J connectivity index is 0.000000340. The van der Waals surface area contributed by atoms with Gasteiger partial charge in [0.15, 0.2) is 11.6 Å². The van der Waals surface area contributed by atoms with Gasteiger partial charge in [0.25, 0.3) is 23.1 Å². The minimum atomic E-state index is -2.43. The van der Waals surface area contributed by atoms with Gasteiger partial charge in [-0.15, -0.1) is 0 Å². The molecule has 16 nitrogen and oxygen atoms in total. The number of amides is 6. The van der Waals surface area contributed by atoms with Crippen molar-refractivity contribution >= 4 is 92.0 Å². The number of nitrogens with one attached hydrogen (secondary N) is 4. The molecule has 0 aliphatic heterocycles. The van der Waals surface area contributed by atoms with E-state index in [0.717, 1.165) is 0 Å². The van der Waals surface area contributed by atoms with E-state index in [2.05, 4.69) is 20.8 Å². The molecule has 0 radical (unpaired) electrons. The number of carbonyl (C=O) groups is 8.